The molecular weight excluding hydrogens is 615 g/mol. The van der Waals surface area contributed by atoms with Crippen molar-refractivity contribution in [3.8, 4) is 6.07 Å². The minimum atomic E-state index is -3.88. The predicted octanol–water partition coefficient (Wildman–Crippen LogP) is 5.53. The summed E-state index contributed by atoms with van der Waals surface area (Å²) < 4.78 is 31.5. The lowest BCUT2D eigenvalue weighted by atomic mass is 9.96. The molecular formula is C35H39N7O2S2. The zero-order valence-electron chi connectivity index (χ0n) is 25.8. The van der Waals surface area contributed by atoms with E-state index in [0.717, 1.165) is 48.2 Å². The van der Waals surface area contributed by atoms with Gasteiger partial charge < -0.3 is 19.7 Å². The van der Waals surface area contributed by atoms with Crippen LogP contribution in [-0.2, 0) is 23.1 Å². The number of hydrogen-bond donors (Lipinski definition) is 1. The summed E-state index contributed by atoms with van der Waals surface area (Å²) in [5, 5.41) is 13.6. The van der Waals surface area contributed by atoms with Gasteiger partial charge in [0.05, 0.1) is 40.8 Å². The number of anilines is 2. The standard InChI is InChI=1S/C35H39N7O2S2/c36-23-28-11-13-29(14-12-28)25-41-27-37-24-33(41)26-42(46(43,44)34-9-5-2-6-10-34)32-17-15-31(16-18-32)39-19-21-40(22-20-39)35(45)38-30-7-3-1-4-8-30/h2,5-6,9-18,24,27,30H,1,3-4,7-8,19-22,25-26H2,(H,38,45). The molecule has 238 valence electrons. The number of rotatable bonds is 9. The number of nitrogens with one attached hydrogen (secondary N) is 1. The molecule has 1 aromatic heterocycles. The zero-order chi connectivity index (χ0) is 31.9. The molecule has 1 N–H and O–H groups in total. The average Bonchev–Trinajstić information content (AvgIpc) is 3.54. The van der Waals surface area contributed by atoms with Gasteiger partial charge >= 0.3 is 0 Å². The molecule has 11 heteroatoms. The van der Waals surface area contributed by atoms with E-state index in [-0.39, 0.29) is 11.4 Å². The lowest BCUT2D eigenvalue weighted by molar-refractivity contribution is 0.355. The maximum absolute atomic E-state index is 14.1. The fourth-order valence-corrected chi connectivity index (χ4v) is 8.00. The minimum absolute atomic E-state index is 0.108. The van der Waals surface area contributed by atoms with E-state index in [2.05, 4.69) is 26.2 Å². The number of hydrogen-bond acceptors (Lipinski definition) is 6. The Morgan fingerprint density at radius 1 is 0.935 bits per heavy atom. The van der Waals surface area contributed by atoms with E-state index >= 15 is 0 Å². The van der Waals surface area contributed by atoms with E-state index in [9.17, 15) is 8.42 Å². The molecule has 0 unspecified atom stereocenters. The summed E-state index contributed by atoms with van der Waals surface area (Å²) in [6.07, 6.45) is 9.68. The molecule has 0 atom stereocenters. The minimum Gasteiger partial charge on any atom is -0.368 e. The molecule has 2 fully saturated rings. The van der Waals surface area contributed by atoms with Gasteiger partial charge in [0.1, 0.15) is 0 Å². The van der Waals surface area contributed by atoms with Crippen molar-refractivity contribution in [3.05, 3.63) is 108 Å². The van der Waals surface area contributed by atoms with Gasteiger partial charge in [-0.15, -0.1) is 0 Å². The van der Waals surface area contributed by atoms with Crippen molar-refractivity contribution in [2.45, 2.75) is 56.1 Å². The van der Waals surface area contributed by atoms with Crippen molar-refractivity contribution in [1.29, 1.82) is 5.26 Å². The average molecular weight is 654 g/mol. The van der Waals surface area contributed by atoms with Gasteiger partial charge in [-0.05, 0) is 79.2 Å². The van der Waals surface area contributed by atoms with Gasteiger partial charge in [-0.2, -0.15) is 5.26 Å². The number of piperazine rings is 1. The first-order valence-electron chi connectivity index (χ1n) is 15.9. The van der Waals surface area contributed by atoms with Gasteiger partial charge in [-0.25, -0.2) is 13.4 Å². The molecule has 3 aromatic carbocycles. The maximum atomic E-state index is 14.1. The lowest BCUT2D eigenvalue weighted by Crippen LogP contribution is -2.53. The first kappa shape index (κ1) is 31.6. The third-order valence-electron chi connectivity index (χ3n) is 8.87. The maximum Gasteiger partial charge on any atom is 0.264 e. The summed E-state index contributed by atoms with van der Waals surface area (Å²) in [4.78, 5) is 9.17. The van der Waals surface area contributed by atoms with Crippen LogP contribution in [0.25, 0.3) is 0 Å². The summed E-state index contributed by atoms with van der Waals surface area (Å²) in [5.41, 5.74) is 3.97. The Morgan fingerprint density at radius 2 is 1.63 bits per heavy atom. The number of aromatic nitrogens is 2. The van der Waals surface area contributed by atoms with Crippen LogP contribution in [0.1, 0.15) is 48.9 Å². The smallest absolute Gasteiger partial charge is 0.264 e. The molecule has 2 aliphatic rings. The van der Waals surface area contributed by atoms with Crippen molar-refractivity contribution in [2.75, 3.05) is 35.4 Å². The van der Waals surface area contributed by atoms with Crippen LogP contribution >= 0.6 is 12.2 Å². The molecule has 4 aromatic rings. The van der Waals surface area contributed by atoms with Gasteiger partial charge in [0.2, 0.25) is 0 Å². The number of nitrogens with zero attached hydrogens (tertiary/aromatic N) is 6. The molecule has 0 radical (unpaired) electrons. The summed E-state index contributed by atoms with van der Waals surface area (Å²) in [7, 11) is -3.88. The van der Waals surface area contributed by atoms with E-state index in [1.807, 2.05) is 47.0 Å². The van der Waals surface area contributed by atoms with E-state index in [1.54, 1.807) is 48.9 Å². The fraction of sp³-hybridized carbons (Fsp3) is 0.343. The first-order chi connectivity index (χ1) is 22.4. The Kier molecular flexibility index (Phi) is 9.85. The summed E-state index contributed by atoms with van der Waals surface area (Å²) in [5.74, 6) is 0. The van der Waals surface area contributed by atoms with E-state index in [4.69, 9.17) is 17.5 Å². The Hall–Kier alpha value is -4.40. The molecule has 0 spiro atoms. The van der Waals surface area contributed by atoms with Crippen LogP contribution < -0.4 is 14.5 Å². The first-order valence-corrected chi connectivity index (χ1v) is 17.7. The highest BCUT2D eigenvalue weighted by Crippen LogP contribution is 2.29. The summed E-state index contributed by atoms with van der Waals surface area (Å²) >= 11 is 5.75. The van der Waals surface area contributed by atoms with E-state index in [1.165, 1.54) is 36.4 Å². The quantitative estimate of drug-likeness (QED) is 0.236. The molecule has 6 rings (SSSR count). The van der Waals surface area contributed by atoms with Crippen molar-refractivity contribution in [1.82, 2.24) is 19.8 Å². The number of benzene rings is 3. The van der Waals surface area contributed by atoms with Crippen molar-refractivity contribution < 1.29 is 8.42 Å². The Bertz CT molecular complexity index is 1750. The molecule has 0 bridgehead atoms. The second-order valence-corrected chi connectivity index (χ2v) is 14.2. The third kappa shape index (κ3) is 7.35. The highest BCUT2D eigenvalue weighted by Gasteiger charge is 2.27. The SMILES string of the molecule is N#Cc1ccc(Cn2cncc2CN(c2ccc(N3CCN(C(=S)NC4CCCCC4)CC3)cc2)S(=O)(=O)c2ccccc2)cc1. The molecule has 1 aliphatic carbocycles. The van der Waals surface area contributed by atoms with Gasteiger partial charge in [0, 0.05) is 50.6 Å². The Balaban J connectivity index is 1.18. The third-order valence-corrected chi connectivity index (χ3v) is 11.0. The predicted molar refractivity (Wildman–Crippen MR) is 185 cm³/mol. The molecule has 9 nitrogen and oxygen atoms in total. The molecule has 2 heterocycles. The lowest BCUT2D eigenvalue weighted by Gasteiger charge is -2.38. The van der Waals surface area contributed by atoms with Crippen molar-refractivity contribution in [3.63, 3.8) is 0 Å². The van der Waals surface area contributed by atoms with Gasteiger partial charge in [0.15, 0.2) is 5.11 Å². The number of nitriles is 1. The van der Waals surface area contributed by atoms with Gasteiger partial charge in [0.25, 0.3) is 10.0 Å². The van der Waals surface area contributed by atoms with Crippen molar-refractivity contribution in [2.24, 2.45) is 0 Å². The second kappa shape index (κ2) is 14.4. The van der Waals surface area contributed by atoms with Crippen LogP contribution in [0.4, 0.5) is 11.4 Å². The number of imidazole rings is 1. The summed E-state index contributed by atoms with van der Waals surface area (Å²) in [6, 6.07) is 26.3. The highest BCUT2D eigenvalue weighted by molar-refractivity contribution is 7.92. The van der Waals surface area contributed by atoms with Gasteiger partial charge in [-0.1, -0.05) is 49.6 Å². The van der Waals surface area contributed by atoms with Crippen LogP contribution in [0.5, 0.6) is 0 Å². The monoisotopic (exact) mass is 653 g/mol. The fourth-order valence-electron chi connectivity index (χ4n) is 6.20. The topological polar surface area (TPSA) is 97.5 Å². The molecule has 1 aliphatic heterocycles. The Morgan fingerprint density at radius 3 is 2.30 bits per heavy atom. The van der Waals surface area contributed by atoms with Crippen LogP contribution in [-0.4, -0.2) is 60.2 Å². The zero-order valence-corrected chi connectivity index (χ0v) is 27.5. The Labute approximate surface area is 277 Å². The van der Waals surface area contributed by atoms with Crippen LogP contribution in [0.3, 0.4) is 0 Å². The summed E-state index contributed by atoms with van der Waals surface area (Å²) in [6.45, 7) is 3.98. The van der Waals surface area contributed by atoms with E-state index in [0.29, 0.717) is 23.8 Å². The van der Waals surface area contributed by atoms with Crippen LogP contribution in [0.2, 0.25) is 0 Å². The van der Waals surface area contributed by atoms with Crippen LogP contribution in [0.15, 0.2) is 96.3 Å². The van der Waals surface area contributed by atoms with Crippen LogP contribution in [0, 0.1) is 11.3 Å². The highest BCUT2D eigenvalue weighted by atomic mass is 32.2. The van der Waals surface area contributed by atoms with E-state index < -0.39 is 10.0 Å². The molecule has 1 saturated heterocycles. The normalized spacial score (nSPS) is 15.7. The largest absolute Gasteiger partial charge is 0.368 e. The molecule has 1 saturated carbocycles. The second-order valence-electron chi connectivity index (χ2n) is 11.9. The molecule has 0 amide bonds. The van der Waals surface area contributed by atoms with Gasteiger partial charge in [-0.3, -0.25) is 4.31 Å². The number of thiocarbonyl (C=S) groups is 1. The molecule has 46 heavy (non-hydrogen) atoms. The van der Waals surface area contributed by atoms with Crippen molar-refractivity contribution >= 4 is 38.7 Å². The number of sulfonamides is 1.